The Bertz CT molecular complexity index is 253. The lowest BCUT2D eigenvalue weighted by atomic mass is 10.2. The largest absolute Gasteiger partial charge is 0.444 e. The molecule has 0 N–H and O–H groups in total. The minimum atomic E-state index is -0.403. The maximum absolute atomic E-state index is 11.8. The summed E-state index contributed by atoms with van der Waals surface area (Å²) in [5.41, 5.74) is -0.403. The van der Waals surface area contributed by atoms with E-state index >= 15 is 0 Å². The fourth-order valence-electron chi connectivity index (χ4n) is 1.76. The van der Waals surface area contributed by atoms with E-state index in [-0.39, 0.29) is 12.1 Å². The molecule has 0 aliphatic carbocycles. The average molecular weight is 211 g/mol. The van der Waals surface area contributed by atoms with E-state index in [0.717, 1.165) is 19.4 Å². The molecule has 1 fully saturated rings. The quantitative estimate of drug-likeness (QED) is 0.624. The van der Waals surface area contributed by atoms with Gasteiger partial charge in [0.15, 0.2) is 0 Å². The number of ether oxygens (including phenoxy) is 1. The molecule has 3 heteroatoms. The fourth-order valence-corrected chi connectivity index (χ4v) is 1.76. The number of carbonyl (C=O) groups is 1. The van der Waals surface area contributed by atoms with Crippen LogP contribution < -0.4 is 0 Å². The molecule has 3 nitrogen and oxygen atoms in total. The predicted molar refractivity (Wildman–Crippen MR) is 60.8 cm³/mol. The summed E-state index contributed by atoms with van der Waals surface area (Å²) < 4.78 is 5.35. The zero-order chi connectivity index (χ0) is 11.5. The van der Waals surface area contributed by atoms with Gasteiger partial charge in [0.1, 0.15) is 5.60 Å². The third kappa shape index (κ3) is 3.57. The van der Waals surface area contributed by atoms with E-state index in [1.165, 1.54) is 0 Å². The highest BCUT2D eigenvalue weighted by molar-refractivity contribution is 5.69. The van der Waals surface area contributed by atoms with Gasteiger partial charge in [-0.05, 0) is 40.5 Å². The van der Waals surface area contributed by atoms with Gasteiger partial charge < -0.3 is 9.64 Å². The van der Waals surface area contributed by atoms with E-state index in [1.54, 1.807) is 0 Å². The van der Waals surface area contributed by atoms with Crippen molar-refractivity contribution in [3.8, 4) is 0 Å². The van der Waals surface area contributed by atoms with Crippen molar-refractivity contribution in [2.24, 2.45) is 0 Å². The molecular weight excluding hydrogens is 190 g/mol. The molecule has 0 radical (unpaired) electrons. The molecule has 86 valence electrons. The molecule has 1 amide bonds. The van der Waals surface area contributed by atoms with Gasteiger partial charge in [0.05, 0.1) is 6.04 Å². The van der Waals surface area contributed by atoms with Gasteiger partial charge in [0.2, 0.25) is 0 Å². The Morgan fingerprint density at radius 3 is 2.67 bits per heavy atom. The summed E-state index contributed by atoms with van der Waals surface area (Å²) in [6.45, 7) is 8.47. The lowest BCUT2D eigenvalue weighted by molar-refractivity contribution is 0.0256. The minimum Gasteiger partial charge on any atom is -0.444 e. The first kappa shape index (κ1) is 12.1. The molecule has 0 aromatic carbocycles. The number of amides is 1. The van der Waals surface area contributed by atoms with Crippen LogP contribution in [0.4, 0.5) is 4.79 Å². The van der Waals surface area contributed by atoms with E-state index in [2.05, 4.69) is 6.08 Å². The fraction of sp³-hybridized carbons (Fsp3) is 0.750. The normalized spacial score (nSPS) is 22.4. The van der Waals surface area contributed by atoms with Crippen molar-refractivity contribution in [3.63, 3.8) is 0 Å². The Morgan fingerprint density at radius 1 is 1.47 bits per heavy atom. The van der Waals surface area contributed by atoms with Crippen molar-refractivity contribution in [2.45, 2.75) is 52.2 Å². The van der Waals surface area contributed by atoms with Crippen LogP contribution in [0.15, 0.2) is 12.2 Å². The predicted octanol–water partition coefficient (Wildman–Crippen LogP) is 2.96. The molecule has 15 heavy (non-hydrogen) atoms. The molecule has 1 heterocycles. The zero-order valence-electron chi connectivity index (χ0n) is 10.1. The summed E-state index contributed by atoms with van der Waals surface area (Å²) in [4.78, 5) is 13.6. The summed E-state index contributed by atoms with van der Waals surface area (Å²) >= 11 is 0. The molecule has 0 bridgehead atoms. The van der Waals surface area contributed by atoms with Gasteiger partial charge in [-0.1, -0.05) is 12.2 Å². The third-order valence-corrected chi connectivity index (χ3v) is 2.34. The summed E-state index contributed by atoms with van der Waals surface area (Å²) in [7, 11) is 0. The van der Waals surface area contributed by atoms with Gasteiger partial charge in [0.25, 0.3) is 0 Å². The number of hydrogen-bond donors (Lipinski definition) is 0. The maximum Gasteiger partial charge on any atom is 0.410 e. The van der Waals surface area contributed by atoms with Gasteiger partial charge in [-0.3, -0.25) is 0 Å². The number of hydrogen-bond acceptors (Lipinski definition) is 2. The summed E-state index contributed by atoms with van der Waals surface area (Å²) in [6.07, 6.45) is 5.98. The van der Waals surface area contributed by atoms with Crippen LogP contribution in [0.3, 0.4) is 0 Å². The number of nitrogens with zero attached hydrogens (tertiary/aromatic N) is 1. The molecule has 0 unspecified atom stereocenters. The van der Waals surface area contributed by atoms with Gasteiger partial charge in [-0.15, -0.1) is 0 Å². The molecule has 0 aromatic rings. The third-order valence-electron chi connectivity index (χ3n) is 2.34. The average Bonchev–Trinajstić information content (AvgIpc) is 2.49. The van der Waals surface area contributed by atoms with Crippen LogP contribution in [0.25, 0.3) is 0 Å². The number of rotatable bonds is 1. The van der Waals surface area contributed by atoms with E-state index in [1.807, 2.05) is 38.7 Å². The second-order valence-corrected chi connectivity index (χ2v) is 4.91. The molecule has 1 atom stereocenters. The smallest absolute Gasteiger partial charge is 0.410 e. The maximum atomic E-state index is 11.8. The topological polar surface area (TPSA) is 29.5 Å². The second kappa shape index (κ2) is 4.69. The molecule has 1 aliphatic heterocycles. The van der Waals surface area contributed by atoms with Gasteiger partial charge >= 0.3 is 6.09 Å². The molecule has 0 aromatic heterocycles. The Hall–Kier alpha value is -0.990. The van der Waals surface area contributed by atoms with Gasteiger partial charge in [-0.2, -0.15) is 0 Å². The first-order valence-corrected chi connectivity index (χ1v) is 5.56. The molecule has 1 aliphatic rings. The van der Waals surface area contributed by atoms with Crippen LogP contribution in [0.5, 0.6) is 0 Å². The Morgan fingerprint density at radius 2 is 2.13 bits per heavy atom. The highest BCUT2D eigenvalue weighted by Crippen LogP contribution is 2.21. The zero-order valence-corrected chi connectivity index (χ0v) is 10.1. The molecular formula is C12H21NO2. The lowest BCUT2D eigenvalue weighted by Gasteiger charge is -2.27. The number of likely N-dealkylation sites (tertiary alicyclic amines) is 1. The van der Waals surface area contributed by atoms with Crippen molar-refractivity contribution in [3.05, 3.63) is 12.2 Å². The monoisotopic (exact) mass is 211 g/mol. The van der Waals surface area contributed by atoms with Crippen LogP contribution in [0.1, 0.15) is 40.5 Å². The SMILES string of the molecule is C/C=C/[C@@H]1CCCN1C(=O)OC(C)(C)C. The van der Waals surface area contributed by atoms with Crippen LogP contribution in [-0.2, 0) is 4.74 Å². The number of carbonyl (C=O) groups excluding carboxylic acids is 1. The summed E-state index contributed by atoms with van der Waals surface area (Å²) in [5, 5.41) is 0. The lowest BCUT2D eigenvalue weighted by Crippen LogP contribution is -2.39. The minimum absolute atomic E-state index is 0.192. The van der Waals surface area contributed by atoms with Gasteiger partial charge in [0, 0.05) is 6.54 Å². The Labute approximate surface area is 92.1 Å². The van der Waals surface area contributed by atoms with Crippen molar-refractivity contribution in [2.75, 3.05) is 6.54 Å². The van der Waals surface area contributed by atoms with E-state index in [9.17, 15) is 4.79 Å². The highest BCUT2D eigenvalue weighted by atomic mass is 16.6. The van der Waals surface area contributed by atoms with E-state index in [4.69, 9.17) is 4.74 Å². The van der Waals surface area contributed by atoms with Crippen LogP contribution in [-0.4, -0.2) is 29.2 Å². The first-order chi connectivity index (χ1) is 6.94. The van der Waals surface area contributed by atoms with Crippen molar-refractivity contribution >= 4 is 6.09 Å². The molecule has 1 rings (SSSR count). The van der Waals surface area contributed by atoms with E-state index < -0.39 is 5.60 Å². The molecule has 0 spiro atoms. The van der Waals surface area contributed by atoms with Crippen molar-refractivity contribution in [1.29, 1.82) is 0 Å². The van der Waals surface area contributed by atoms with Crippen LogP contribution in [0, 0.1) is 0 Å². The second-order valence-electron chi connectivity index (χ2n) is 4.91. The molecule has 1 saturated heterocycles. The van der Waals surface area contributed by atoms with Crippen molar-refractivity contribution < 1.29 is 9.53 Å². The van der Waals surface area contributed by atoms with Gasteiger partial charge in [-0.25, -0.2) is 4.79 Å². The van der Waals surface area contributed by atoms with Crippen LogP contribution >= 0.6 is 0 Å². The standard InChI is InChI=1S/C12H21NO2/c1-5-7-10-8-6-9-13(10)11(14)15-12(2,3)4/h5,7,10H,6,8-9H2,1-4H3/b7-5+/t10-/m1/s1. The Balaban J connectivity index is 2.59. The first-order valence-electron chi connectivity index (χ1n) is 5.56. The summed E-state index contributed by atoms with van der Waals surface area (Å²) in [5.74, 6) is 0. The van der Waals surface area contributed by atoms with Crippen LogP contribution in [0.2, 0.25) is 0 Å². The molecule has 0 saturated carbocycles. The summed E-state index contributed by atoms with van der Waals surface area (Å²) in [6, 6.07) is 0.227. The van der Waals surface area contributed by atoms with Crippen molar-refractivity contribution in [1.82, 2.24) is 4.90 Å². The van der Waals surface area contributed by atoms with E-state index in [0.29, 0.717) is 0 Å². The number of allylic oxidation sites excluding steroid dienone is 1. The Kier molecular flexibility index (Phi) is 3.77. The highest BCUT2D eigenvalue weighted by Gasteiger charge is 2.30.